The van der Waals surface area contributed by atoms with Gasteiger partial charge in [0.2, 0.25) is 0 Å². The molecule has 1 fully saturated rings. The number of aromatic nitrogens is 2. The lowest BCUT2D eigenvalue weighted by Crippen LogP contribution is -2.38. The maximum absolute atomic E-state index is 9.48. The van der Waals surface area contributed by atoms with Crippen molar-refractivity contribution in [2.45, 2.75) is 32.2 Å². The number of hydrogen-bond acceptors (Lipinski definition) is 6. The van der Waals surface area contributed by atoms with Crippen molar-refractivity contribution in [1.82, 2.24) is 14.9 Å². The van der Waals surface area contributed by atoms with Crippen LogP contribution in [0.3, 0.4) is 0 Å². The van der Waals surface area contributed by atoms with Gasteiger partial charge in [-0.05, 0) is 42.9 Å². The third kappa shape index (κ3) is 4.06. The van der Waals surface area contributed by atoms with E-state index < -0.39 is 89.9 Å². The maximum atomic E-state index is 9.48. The molecule has 3 aromatic rings. The van der Waals surface area contributed by atoms with Crippen LogP contribution in [0.2, 0.25) is 5.75 Å². The number of nitrogens with zero attached hydrogens (tertiary/aromatic N) is 4. The molecule has 0 unspecified atom stereocenters. The smallest absolute Gasteiger partial charge is 0.162 e. The van der Waals surface area contributed by atoms with Crippen LogP contribution in [0.5, 0.6) is 0 Å². The van der Waals surface area contributed by atoms with E-state index in [1.54, 1.807) is 6.07 Å². The van der Waals surface area contributed by atoms with Gasteiger partial charge in [0, 0.05) is 39.2 Å². The quantitative estimate of drug-likeness (QED) is 0.676. The number of nitrogens with one attached hydrogen (secondary N) is 1. The Labute approximate surface area is 190 Å². The zero-order valence-corrected chi connectivity index (χ0v) is 15.2. The van der Waals surface area contributed by atoms with E-state index >= 15 is 0 Å². The molecule has 0 atom stereocenters. The Kier molecular flexibility index (Phi) is 2.12. The topological polar surface area (TPSA) is 64.8 Å². The lowest BCUT2D eigenvalue weighted by molar-refractivity contribution is 0.211. The summed E-state index contributed by atoms with van der Waals surface area (Å²) in [6.45, 7) is -10.4. The molecule has 27 heavy (non-hydrogen) atoms. The highest BCUT2D eigenvalue weighted by molar-refractivity contribution is 7.22. The summed E-state index contributed by atoms with van der Waals surface area (Å²) in [6.07, 6.45) is -8.93. The van der Waals surface area contributed by atoms with Gasteiger partial charge in [-0.25, -0.2) is 9.97 Å². The van der Waals surface area contributed by atoms with E-state index in [0.29, 0.717) is 11.3 Å². The summed E-state index contributed by atoms with van der Waals surface area (Å²) in [5, 5.41) is 8.77. The summed E-state index contributed by atoms with van der Waals surface area (Å²) in [6, 6.07) is -3.60. The first-order chi connectivity index (χ1) is 19.4. The number of piperidine rings is 1. The molecule has 138 valence electrons. The van der Waals surface area contributed by atoms with Crippen LogP contribution < -0.4 is 5.31 Å². The van der Waals surface area contributed by atoms with Gasteiger partial charge in [0.15, 0.2) is 1.41 Å². The molecule has 1 aliphatic rings. The standard InChI is InChI=1S/C20H20ClN5S/c1-13-2-3-14(8-15(13)10-22)11-26-6-4-16(5-7-26)25-19-17-9-18(21)27-20(17)24-12-23-19/h2-3,8-9,12,16H,4-7,11H2,1H3,(H,23,24,25)/i3D,4D2,5D2,6D2,7D2,8D,9D,11D2,12D,16D/hD. The summed E-state index contributed by atoms with van der Waals surface area (Å²) < 4.78 is 137. The molecule has 2 aromatic heterocycles. The van der Waals surface area contributed by atoms with Crippen LogP contribution in [0, 0.1) is 18.3 Å². The van der Waals surface area contributed by atoms with Crippen LogP contribution in [0.4, 0.5) is 5.82 Å². The largest absolute Gasteiger partial charge is 0.367 e. The predicted octanol–water partition coefficient (Wildman–Crippen LogP) is 4.60. The predicted molar refractivity (Wildman–Crippen MR) is 110 cm³/mol. The van der Waals surface area contributed by atoms with Crippen molar-refractivity contribution in [2.75, 3.05) is 18.3 Å². The van der Waals surface area contributed by atoms with Crippen molar-refractivity contribution in [2.24, 2.45) is 0 Å². The highest BCUT2D eigenvalue weighted by Crippen LogP contribution is 2.32. The van der Waals surface area contributed by atoms with Crippen LogP contribution in [-0.2, 0) is 6.50 Å². The summed E-state index contributed by atoms with van der Waals surface area (Å²) in [5.74, 6) is -0.923. The molecule has 0 saturated carbocycles. The van der Waals surface area contributed by atoms with Gasteiger partial charge in [0.05, 0.1) is 26.8 Å². The SMILES string of the molecule is [2H]c1nc(N([2H])C2([2H])C([2H])([2H])C([2H])([2H])N(C([2H])([2H])c3c([2H])cc(C)c(C#N)c3[2H])C([2H])([2H])C2([2H])[2H])c2c([2H])c(Cl)sc2n1. The number of rotatable bonds is 4. The lowest BCUT2D eigenvalue weighted by atomic mass is 10.0. The molecule has 0 aliphatic carbocycles. The van der Waals surface area contributed by atoms with Crippen LogP contribution >= 0.6 is 22.9 Å². The first-order valence-electron chi connectivity index (χ1n) is 15.4. The van der Waals surface area contributed by atoms with Gasteiger partial charge in [0.1, 0.15) is 18.3 Å². The minimum absolute atomic E-state index is 0.0784. The van der Waals surface area contributed by atoms with E-state index in [4.69, 9.17) is 33.6 Å². The van der Waals surface area contributed by atoms with Crippen LogP contribution in [-0.4, -0.2) is 33.9 Å². The van der Waals surface area contributed by atoms with Gasteiger partial charge in [-0.3, -0.25) is 4.90 Å². The highest BCUT2D eigenvalue weighted by Gasteiger charge is 2.20. The molecule has 0 amide bonds. The Morgan fingerprint density at radius 1 is 1.56 bits per heavy atom. The fourth-order valence-electron chi connectivity index (χ4n) is 2.09. The first-order valence-corrected chi connectivity index (χ1v) is 8.61. The van der Waals surface area contributed by atoms with Gasteiger partial charge in [-0.15, -0.1) is 11.3 Å². The fourth-order valence-corrected chi connectivity index (χ4v) is 3.06. The summed E-state index contributed by atoms with van der Waals surface area (Å²) >= 11 is 6.66. The minimum Gasteiger partial charge on any atom is -0.367 e. The van der Waals surface area contributed by atoms with Crippen molar-refractivity contribution < 1.29 is 22.0 Å². The second-order valence-corrected chi connectivity index (χ2v) is 6.77. The molecule has 3 heterocycles. The molecule has 0 spiro atoms. The van der Waals surface area contributed by atoms with Crippen molar-refractivity contribution in [3.63, 3.8) is 0 Å². The second kappa shape index (κ2) is 7.81. The normalized spacial score (nSPS) is 33.5. The van der Waals surface area contributed by atoms with Crippen molar-refractivity contribution >= 4 is 39.0 Å². The summed E-state index contributed by atoms with van der Waals surface area (Å²) in [7, 11) is 0. The summed E-state index contributed by atoms with van der Waals surface area (Å²) in [4.78, 5) is 6.73. The van der Waals surface area contributed by atoms with Crippen molar-refractivity contribution in [1.29, 1.82) is 5.26 Å². The lowest BCUT2D eigenvalue weighted by Gasteiger charge is -2.32. The average molecular weight is 414 g/mol. The maximum Gasteiger partial charge on any atom is 0.162 e. The second-order valence-electron chi connectivity index (χ2n) is 5.17. The van der Waals surface area contributed by atoms with E-state index in [1.807, 2.05) is 0 Å². The van der Waals surface area contributed by atoms with E-state index in [9.17, 15) is 5.26 Å². The van der Waals surface area contributed by atoms with Gasteiger partial charge in [-0.2, -0.15) is 5.26 Å². The molecule has 1 aliphatic heterocycles. The minimum atomic E-state index is -4.06. The highest BCUT2D eigenvalue weighted by atomic mass is 35.5. The number of likely N-dealkylation sites (tertiary alicyclic amines) is 1. The molecule has 1 aromatic carbocycles. The number of thiophene rings is 1. The Balaban J connectivity index is 2.05. The van der Waals surface area contributed by atoms with E-state index in [1.165, 1.54) is 6.92 Å². The van der Waals surface area contributed by atoms with Gasteiger partial charge in [-0.1, -0.05) is 23.7 Å². The Bertz CT molecular complexity index is 1670. The average Bonchev–Trinajstić information content (AvgIpc) is 3.13. The van der Waals surface area contributed by atoms with E-state index in [2.05, 4.69) is 9.97 Å². The zero-order valence-electron chi connectivity index (χ0n) is 29.6. The molecule has 1 saturated heterocycles. The zero-order chi connectivity index (χ0) is 33.0. The molecule has 0 radical (unpaired) electrons. The molecular formula is C20H20ClN5S. The molecule has 7 heteroatoms. The molecule has 0 bridgehead atoms. The number of fused-ring (bicyclic) bond motifs is 1. The first kappa shape index (κ1) is 7.32. The third-order valence-electron chi connectivity index (χ3n) is 3.36. The monoisotopic (exact) mass is 413 g/mol. The number of halogens is 1. The number of hydrogen-bond donors (Lipinski definition) is 1. The third-order valence-corrected chi connectivity index (χ3v) is 4.45. The summed E-state index contributed by atoms with van der Waals surface area (Å²) in [5.41, 5.74) is -1.42. The molecule has 5 nitrogen and oxygen atoms in total. The van der Waals surface area contributed by atoms with Crippen molar-refractivity contribution in [3.05, 3.63) is 51.5 Å². The Morgan fingerprint density at radius 3 is 3.15 bits per heavy atom. The van der Waals surface area contributed by atoms with Gasteiger partial charge < -0.3 is 5.31 Å². The van der Waals surface area contributed by atoms with E-state index in [0.717, 1.165) is 6.07 Å². The van der Waals surface area contributed by atoms with Gasteiger partial charge in [0.25, 0.3) is 0 Å². The number of anilines is 1. The van der Waals surface area contributed by atoms with Crippen LogP contribution in [0.15, 0.2) is 30.5 Å². The van der Waals surface area contributed by atoms with Gasteiger partial charge >= 0.3 is 0 Å². The molecule has 4 rings (SSSR count). The Morgan fingerprint density at radius 2 is 2.37 bits per heavy atom. The number of benzene rings is 1. The van der Waals surface area contributed by atoms with Crippen LogP contribution in [0.25, 0.3) is 10.2 Å². The molecule has 1 N–H and O–H groups in total. The fraction of sp³-hybridized carbons (Fsp3) is 0.350. The van der Waals surface area contributed by atoms with Crippen LogP contribution in [0.1, 0.15) is 50.0 Å². The van der Waals surface area contributed by atoms with E-state index in [-0.39, 0.29) is 20.0 Å². The molecular weight excluding hydrogens is 378 g/mol. The van der Waals surface area contributed by atoms with Crippen molar-refractivity contribution in [3.8, 4) is 6.07 Å². The number of nitriles is 1. The Hall–Kier alpha value is -2.20. The number of aryl methyl sites for hydroxylation is 1.